The highest BCUT2D eigenvalue weighted by Gasteiger charge is 2.20. The topological polar surface area (TPSA) is 66.4 Å². The Morgan fingerprint density at radius 3 is 2.33 bits per heavy atom. The average molecular weight is 398 g/mol. The standard InChI is InChI=1S/C17H14BrF2NO3/c18-12-3-1-2-10(4-12)7-15(17(23)24)21-16(22)8-11-5-13(19)9-14(20)6-11/h1-6,9,15H,7-8H2,(H,21,22)(H,23,24)/t15-/m0/s1. The highest BCUT2D eigenvalue weighted by atomic mass is 79.9. The fraction of sp³-hybridized carbons (Fsp3) is 0.176. The van der Waals surface area contributed by atoms with Gasteiger partial charge < -0.3 is 10.4 Å². The number of carboxylic acid groups (broad SMARTS) is 1. The summed E-state index contributed by atoms with van der Waals surface area (Å²) >= 11 is 3.29. The number of benzene rings is 2. The molecule has 0 spiro atoms. The zero-order valence-electron chi connectivity index (χ0n) is 12.4. The van der Waals surface area contributed by atoms with Gasteiger partial charge >= 0.3 is 5.97 Å². The van der Waals surface area contributed by atoms with Crippen molar-refractivity contribution in [3.63, 3.8) is 0 Å². The third-order valence-corrected chi connectivity index (χ3v) is 3.74. The van der Waals surface area contributed by atoms with Crippen LogP contribution in [0, 0.1) is 11.6 Å². The van der Waals surface area contributed by atoms with Gasteiger partial charge in [0, 0.05) is 17.0 Å². The van der Waals surface area contributed by atoms with Crippen LogP contribution in [0.15, 0.2) is 46.9 Å². The minimum Gasteiger partial charge on any atom is -0.480 e. The molecule has 2 aromatic rings. The van der Waals surface area contributed by atoms with Crippen molar-refractivity contribution < 1.29 is 23.5 Å². The molecule has 0 aliphatic heterocycles. The van der Waals surface area contributed by atoms with E-state index in [4.69, 9.17) is 0 Å². The number of nitrogens with one attached hydrogen (secondary N) is 1. The second kappa shape index (κ2) is 8.01. The summed E-state index contributed by atoms with van der Waals surface area (Å²) < 4.78 is 27.0. The molecule has 1 atom stereocenters. The van der Waals surface area contributed by atoms with Gasteiger partial charge in [0.2, 0.25) is 5.91 Å². The van der Waals surface area contributed by atoms with Crippen LogP contribution < -0.4 is 5.32 Å². The van der Waals surface area contributed by atoms with E-state index in [2.05, 4.69) is 21.2 Å². The van der Waals surface area contributed by atoms with Gasteiger partial charge in [-0.05, 0) is 35.4 Å². The lowest BCUT2D eigenvalue weighted by atomic mass is 10.1. The molecule has 2 N–H and O–H groups in total. The van der Waals surface area contributed by atoms with E-state index in [-0.39, 0.29) is 18.4 Å². The van der Waals surface area contributed by atoms with Crippen molar-refractivity contribution in [2.24, 2.45) is 0 Å². The molecule has 4 nitrogen and oxygen atoms in total. The number of carbonyl (C=O) groups excluding carboxylic acids is 1. The Bertz CT molecular complexity index is 747. The molecule has 0 aliphatic carbocycles. The predicted octanol–water partition coefficient (Wildman–Crippen LogP) is 3.08. The first-order chi connectivity index (χ1) is 11.3. The summed E-state index contributed by atoms with van der Waals surface area (Å²) in [6, 6.07) is 8.70. The normalized spacial score (nSPS) is 11.8. The van der Waals surface area contributed by atoms with Crippen LogP contribution in [0.2, 0.25) is 0 Å². The molecule has 2 aromatic carbocycles. The molecule has 0 radical (unpaired) electrons. The number of amides is 1. The number of aliphatic carboxylic acids is 1. The molecule has 7 heteroatoms. The lowest BCUT2D eigenvalue weighted by Gasteiger charge is -2.15. The van der Waals surface area contributed by atoms with E-state index in [0.29, 0.717) is 6.07 Å². The van der Waals surface area contributed by atoms with Crippen molar-refractivity contribution in [3.05, 3.63) is 69.7 Å². The third-order valence-electron chi connectivity index (χ3n) is 3.25. The Hall–Kier alpha value is -2.28. The Morgan fingerprint density at radius 1 is 1.08 bits per heavy atom. The van der Waals surface area contributed by atoms with E-state index in [1.165, 1.54) is 0 Å². The van der Waals surface area contributed by atoms with Crippen molar-refractivity contribution in [1.82, 2.24) is 5.32 Å². The summed E-state index contributed by atoms with van der Waals surface area (Å²) in [5.41, 5.74) is 0.866. The minimum atomic E-state index is -1.19. The highest BCUT2D eigenvalue weighted by Crippen LogP contribution is 2.14. The van der Waals surface area contributed by atoms with Gasteiger partial charge in [0.15, 0.2) is 0 Å². The molecular formula is C17H14BrF2NO3. The number of hydrogen-bond donors (Lipinski definition) is 2. The molecule has 0 unspecified atom stereocenters. The number of carboxylic acids is 1. The minimum absolute atomic E-state index is 0.0953. The second-order valence-electron chi connectivity index (χ2n) is 5.25. The van der Waals surface area contributed by atoms with Crippen LogP contribution in [0.5, 0.6) is 0 Å². The molecule has 0 fully saturated rings. The van der Waals surface area contributed by atoms with E-state index in [1.54, 1.807) is 24.3 Å². The number of halogens is 3. The molecule has 1 amide bonds. The summed E-state index contributed by atoms with van der Waals surface area (Å²) in [4.78, 5) is 23.3. The fourth-order valence-electron chi connectivity index (χ4n) is 2.24. The van der Waals surface area contributed by atoms with Crippen molar-refractivity contribution in [2.45, 2.75) is 18.9 Å². The molecule has 0 aliphatic rings. The van der Waals surface area contributed by atoms with Crippen LogP contribution in [0.1, 0.15) is 11.1 Å². The molecule has 24 heavy (non-hydrogen) atoms. The van der Waals surface area contributed by atoms with Gasteiger partial charge in [-0.25, -0.2) is 13.6 Å². The molecule has 2 rings (SSSR count). The van der Waals surface area contributed by atoms with Crippen molar-refractivity contribution in [1.29, 1.82) is 0 Å². The first-order valence-corrected chi connectivity index (χ1v) is 7.84. The van der Waals surface area contributed by atoms with Gasteiger partial charge in [-0.2, -0.15) is 0 Å². The zero-order chi connectivity index (χ0) is 17.7. The quantitative estimate of drug-likeness (QED) is 0.786. The average Bonchev–Trinajstić information content (AvgIpc) is 2.45. The molecule has 0 heterocycles. The van der Waals surface area contributed by atoms with Crippen LogP contribution in [-0.4, -0.2) is 23.0 Å². The van der Waals surface area contributed by atoms with Crippen LogP contribution in [0.4, 0.5) is 8.78 Å². The highest BCUT2D eigenvalue weighted by molar-refractivity contribution is 9.10. The van der Waals surface area contributed by atoms with Gasteiger partial charge in [-0.1, -0.05) is 28.1 Å². The van der Waals surface area contributed by atoms with Crippen LogP contribution >= 0.6 is 15.9 Å². The summed E-state index contributed by atoms with van der Waals surface area (Å²) in [5.74, 6) is -3.39. The molecule has 0 bridgehead atoms. The van der Waals surface area contributed by atoms with Gasteiger partial charge in [0.25, 0.3) is 0 Å². The van der Waals surface area contributed by atoms with Gasteiger partial charge in [-0.15, -0.1) is 0 Å². The van der Waals surface area contributed by atoms with E-state index in [9.17, 15) is 23.5 Å². The zero-order valence-corrected chi connectivity index (χ0v) is 14.0. The molecule has 0 saturated heterocycles. The molecule has 126 valence electrons. The lowest BCUT2D eigenvalue weighted by Crippen LogP contribution is -2.43. The lowest BCUT2D eigenvalue weighted by molar-refractivity contribution is -0.141. The van der Waals surface area contributed by atoms with E-state index in [1.807, 2.05) is 0 Å². The summed E-state index contributed by atoms with van der Waals surface area (Å²) in [5, 5.41) is 11.6. The van der Waals surface area contributed by atoms with Crippen molar-refractivity contribution in [2.75, 3.05) is 0 Å². The Balaban J connectivity index is 2.04. The monoisotopic (exact) mass is 397 g/mol. The number of carbonyl (C=O) groups is 2. The SMILES string of the molecule is O=C(Cc1cc(F)cc(F)c1)N[C@@H](Cc1cccc(Br)c1)C(=O)O. The van der Waals surface area contributed by atoms with Gasteiger partial charge in [0.1, 0.15) is 17.7 Å². The molecule has 0 saturated carbocycles. The maximum Gasteiger partial charge on any atom is 0.326 e. The smallest absolute Gasteiger partial charge is 0.326 e. The van der Waals surface area contributed by atoms with Crippen LogP contribution in [-0.2, 0) is 22.4 Å². The van der Waals surface area contributed by atoms with Crippen LogP contribution in [0.3, 0.4) is 0 Å². The summed E-state index contributed by atoms with van der Waals surface area (Å²) in [6.45, 7) is 0. The molecule has 0 aromatic heterocycles. The van der Waals surface area contributed by atoms with E-state index >= 15 is 0 Å². The summed E-state index contributed by atoms with van der Waals surface area (Å²) in [6.07, 6.45) is -0.213. The Morgan fingerprint density at radius 2 is 1.75 bits per heavy atom. The second-order valence-corrected chi connectivity index (χ2v) is 6.16. The maximum atomic E-state index is 13.1. The summed E-state index contributed by atoms with van der Waals surface area (Å²) in [7, 11) is 0. The predicted molar refractivity (Wildman–Crippen MR) is 87.5 cm³/mol. The van der Waals surface area contributed by atoms with E-state index in [0.717, 1.165) is 22.2 Å². The number of rotatable bonds is 6. The first-order valence-electron chi connectivity index (χ1n) is 7.05. The number of hydrogen-bond acceptors (Lipinski definition) is 2. The maximum absolute atomic E-state index is 13.1. The van der Waals surface area contributed by atoms with Crippen molar-refractivity contribution in [3.8, 4) is 0 Å². The Labute approximate surface area is 145 Å². The fourth-order valence-corrected chi connectivity index (χ4v) is 2.69. The van der Waals surface area contributed by atoms with Crippen molar-refractivity contribution >= 4 is 27.8 Å². The Kier molecular flexibility index (Phi) is 6.03. The van der Waals surface area contributed by atoms with Gasteiger partial charge in [-0.3, -0.25) is 4.79 Å². The largest absolute Gasteiger partial charge is 0.480 e. The molecular weight excluding hydrogens is 384 g/mol. The van der Waals surface area contributed by atoms with E-state index < -0.39 is 29.6 Å². The van der Waals surface area contributed by atoms with Gasteiger partial charge in [0.05, 0.1) is 6.42 Å². The third kappa shape index (κ3) is 5.42. The van der Waals surface area contributed by atoms with Crippen LogP contribution in [0.25, 0.3) is 0 Å². The first kappa shape index (κ1) is 18.1.